The van der Waals surface area contributed by atoms with Crippen LogP contribution in [0.4, 0.5) is 0 Å². The molecule has 1 aromatic rings. The van der Waals surface area contributed by atoms with Crippen molar-refractivity contribution in [1.29, 1.82) is 0 Å². The molecule has 0 aliphatic heterocycles. The molecule has 4 nitrogen and oxygen atoms in total. The fraction of sp³-hybridized carbons (Fsp3) is 0.462. The Morgan fingerprint density at radius 2 is 2.12 bits per heavy atom. The summed E-state index contributed by atoms with van der Waals surface area (Å²) in [5, 5.41) is 21.1. The number of carboxylic acid groups (broad SMARTS) is 1. The Hall–Kier alpha value is -1.39. The number of aliphatic carboxylic acids is 1. The number of carbonyl (C=O) groups is 1. The molecule has 0 amide bonds. The monoisotopic (exact) mass is 235 g/mol. The number of carboxylic acids is 1. The number of rotatable bonds is 6. The second kappa shape index (κ2) is 5.29. The minimum Gasteiger partial charge on any atom is -0.481 e. The Balaban J connectivity index is 1.72. The van der Waals surface area contributed by atoms with Gasteiger partial charge in [0.1, 0.15) is 0 Å². The lowest BCUT2D eigenvalue weighted by Crippen LogP contribution is -2.30. The number of benzene rings is 1. The third-order valence-corrected chi connectivity index (χ3v) is 3.04. The van der Waals surface area contributed by atoms with Crippen LogP contribution in [-0.2, 0) is 4.79 Å². The lowest BCUT2D eigenvalue weighted by atomic mass is 10.1. The van der Waals surface area contributed by atoms with Gasteiger partial charge in [0.25, 0.3) is 0 Å². The molecule has 1 aliphatic carbocycles. The maximum atomic E-state index is 10.4. The van der Waals surface area contributed by atoms with Crippen molar-refractivity contribution in [2.45, 2.75) is 30.9 Å². The maximum absolute atomic E-state index is 10.4. The highest BCUT2D eigenvalue weighted by Gasteiger charge is 2.37. The van der Waals surface area contributed by atoms with Gasteiger partial charge in [0, 0.05) is 18.5 Å². The van der Waals surface area contributed by atoms with Crippen molar-refractivity contribution >= 4 is 5.97 Å². The Bertz CT molecular complexity index is 380. The minimum atomic E-state index is -0.963. The van der Waals surface area contributed by atoms with Gasteiger partial charge >= 0.3 is 5.97 Å². The third-order valence-electron chi connectivity index (χ3n) is 3.04. The summed E-state index contributed by atoms with van der Waals surface area (Å²) < 4.78 is 0. The number of hydrogen-bond acceptors (Lipinski definition) is 3. The standard InChI is InChI=1S/C13H17NO3/c15-10(6-13(16)17)8-14-12-7-11(12)9-4-2-1-3-5-9/h1-5,10-12,14-15H,6-8H2,(H,16,17). The van der Waals surface area contributed by atoms with E-state index >= 15 is 0 Å². The summed E-state index contributed by atoms with van der Waals surface area (Å²) in [6.07, 6.45) is 0.0593. The molecular formula is C13H17NO3. The molecule has 1 fully saturated rings. The van der Waals surface area contributed by atoms with E-state index in [0.717, 1.165) is 6.42 Å². The molecule has 17 heavy (non-hydrogen) atoms. The van der Waals surface area contributed by atoms with Crippen LogP contribution < -0.4 is 5.32 Å². The molecule has 0 heterocycles. The molecule has 92 valence electrons. The Kier molecular flexibility index (Phi) is 3.76. The van der Waals surface area contributed by atoms with E-state index in [4.69, 9.17) is 5.11 Å². The molecule has 2 rings (SSSR count). The topological polar surface area (TPSA) is 69.6 Å². The first-order valence-electron chi connectivity index (χ1n) is 5.85. The molecule has 3 unspecified atom stereocenters. The van der Waals surface area contributed by atoms with Crippen LogP contribution in [0.1, 0.15) is 24.3 Å². The Morgan fingerprint density at radius 1 is 1.41 bits per heavy atom. The van der Waals surface area contributed by atoms with Gasteiger partial charge in [-0.1, -0.05) is 30.3 Å². The summed E-state index contributed by atoms with van der Waals surface area (Å²) in [7, 11) is 0. The largest absolute Gasteiger partial charge is 0.481 e. The molecule has 4 heteroatoms. The highest BCUT2D eigenvalue weighted by atomic mass is 16.4. The summed E-state index contributed by atoms with van der Waals surface area (Å²) in [6.45, 7) is 0.348. The van der Waals surface area contributed by atoms with Crippen LogP contribution in [0.2, 0.25) is 0 Å². The van der Waals surface area contributed by atoms with E-state index in [0.29, 0.717) is 18.5 Å². The van der Waals surface area contributed by atoms with Crippen molar-refractivity contribution in [3.05, 3.63) is 35.9 Å². The van der Waals surface area contributed by atoms with Crippen molar-refractivity contribution in [3.8, 4) is 0 Å². The highest BCUT2D eigenvalue weighted by Crippen LogP contribution is 2.40. The molecule has 3 N–H and O–H groups in total. The molecule has 0 radical (unpaired) electrons. The summed E-state index contributed by atoms with van der Waals surface area (Å²) in [5.74, 6) is -0.456. The fourth-order valence-corrected chi connectivity index (χ4v) is 2.05. The van der Waals surface area contributed by atoms with E-state index in [-0.39, 0.29) is 6.42 Å². The van der Waals surface area contributed by atoms with Crippen LogP contribution in [0.25, 0.3) is 0 Å². The average molecular weight is 235 g/mol. The minimum absolute atomic E-state index is 0.199. The van der Waals surface area contributed by atoms with Gasteiger partial charge in [0.2, 0.25) is 0 Å². The molecule has 0 saturated heterocycles. The number of nitrogens with one attached hydrogen (secondary N) is 1. The van der Waals surface area contributed by atoms with Gasteiger partial charge in [0.15, 0.2) is 0 Å². The number of aliphatic hydroxyl groups is 1. The van der Waals surface area contributed by atoms with Gasteiger partial charge in [-0.25, -0.2) is 0 Å². The highest BCUT2D eigenvalue weighted by molar-refractivity contribution is 5.67. The Labute approximate surface area is 100 Å². The van der Waals surface area contributed by atoms with Crippen LogP contribution >= 0.6 is 0 Å². The lowest BCUT2D eigenvalue weighted by Gasteiger charge is -2.09. The SMILES string of the molecule is O=C(O)CC(O)CNC1CC1c1ccccc1. The first-order chi connectivity index (χ1) is 8.16. The summed E-state index contributed by atoms with van der Waals surface area (Å²) in [6, 6.07) is 10.6. The Morgan fingerprint density at radius 3 is 2.76 bits per heavy atom. The van der Waals surface area contributed by atoms with E-state index in [1.54, 1.807) is 0 Å². The van der Waals surface area contributed by atoms with Gasteiger partial charge in [-0.3, -0.25) is 4.79 Å². The lowest BCUT2D eigenvalue weighted by molar-refractivity contribution is -0.139. The molecule has 3 atom stereocenters. The van der Waals surface area contributed by atoms with Gasteiger partial charge in [0.05, 0.1) is 12.5 Å². The summed E-state index contributed by atoms with van der Waals surface area (Å²) in [5.41, 5.74) is 1.30. The molecule has 1 aromatic carbocycles. The molecule has 1 saturated carbocycles. The fourth-order valence-electron chi connectivity index (χ4n) is 2.05. The molecule has 0 aromatic heterocycles. The van der Waals surface area contributed by atoms with E-state index in [2.05, 4.69) is 17.4 Å². The van der Waals surface area contributed by atoms with Crippen LogP contribution in [-0.4, -0.2) is 34.9 Å². The van der Waals surface area contributed by atoms with Crippen molar-refractivity contribution in [3.63, 3.8) is 0 Å². The van der Waals surface area contributed by atoms with Crippen LogP contribution in [0.5, 0.6) is 0 Å². The van der Waals surface area contributed by atoms with Gasteiger partial charge in [-0.15, -0.1) is 0 Å². The first kappa shape index (κ1) is 12.1. The van der Waals surface area contributed by atoms with E-state index in [1.165, 1.54) is 5.56 Å². The van der Waals surface area contributed by atoms with E-state index in [9.17, 15) is 9.90 Å². The second-order valence-corrected chi connectivity index (χ2v) is 4.52. The van der Waals surface area contributed by atoms with Crippen LogP contribution in [0.3, 0.4) is 0 Å². The second-order valence-electron chi connectivity index (χ2n) is 4.52. The predicted molar refractivity (Wildman–Crippen MR) is 63.9 cm³/mol. The first-order valence-corrected chi connectivity index (χ1v) is 5.85. The maximum Gasteiger partial charge on any atom is 0.306 e. The molecular weight excluding hydrogens is 218 g/mol. The van der Waals surface area contributed by atoms with E-state index < -0.39 is 12.1 Å². The van der Waals surface area contributed by atoms with Crippen molar-refractivity contribution in [2.24, 2.45) is 0 Å². The van der Waals surface area contributed by atoms with Crippen molar-refractivity contribution < 1.29 is 15.0 Å². The molecule has 0 spiro atoms. The van der Waals surface area contributed by atoms with Crippen LogP contribution in [0.15, 0.2) is 30.3 Å². The zero-order valence-electron chi connectivity index (χ0n) is 9.54. The normalized spacial score (nSPS) is 24.3. The van der Waals surface area contributed by atoms with Crippen molar-refractivity contribution in [2.75, 3.05) is 6.54 Å². The van der Waals surface area contributed by atoms with E-state index in [1.807, 2.05) is 18.2 Å². The molecule has 0 bridgehead atoms. The third kappa shape index (κ3) is 3.54. The summed E-state index contributed by atoms with van der Waals surface area (Å²) in [4.78, 5) is 10.4. The van der Waals surface area contributed by atoms with Gasteiger partial charge in [-0.05, 0) is 12.0 Å². The predicted octanol–water partition coefficient (Wildman–Crippen LogP) is 0.968. The number of aliphatic hydroxyl groups excluding tert-OH is 1. The zero-order valence-corrected chi connectivity index (χ0v) is 9.54. The molecule has 1 aliphatic rings. The summed E-state index contributed by atoms with van der Waals surface area (Å²) >= 11 is 0. The number of hydrogen-bond donors (Lipinski definition) is 3. The van der Waals surface area contributed by atoms with Crippen LogP contribution in [0, 0.1) is 0 Å². The smallest absolute Gasteiger partial charge is 0.306 e. The van der Waals surface area contributed by atoms with Gasteiger partial charge < -0.3 is 15.5 Å². The van der Waals surface area contributed by atoms with Crippen molar-refractivity contribution in [1.82, 2.24) is 5.32 Å². The van der Waals surface area contributed by atoms with Gasteiger partial charge in [-0.2, -0.15) is 0 Å². The average Bonchev–Trinajstić information content (AvgIpc) is 3.06. The quantitative estimate of drug-likeness (QED) is 0.687. The zero-order chi connectivity index (χ0) is 12.3.